The minimum atomic E-state index is -0.741. The number of nitrogens with zero attached hydrogens (tertiary/aromatic N) is 1. The fourth-order valence-corrected chi connectivity index (χ4v) is 2.52. The fourth-order valence-electron chi connectivity index (χ4n) is 2.52. The van der Waals surface area contributed by atoms with E-state index in [1.807, 2.05) is 6.07 Å². The van der Waals surface area contributed by atoms with E-state index in [9.17, 15) is 14.9 Å². The number of aromatic amines is 2. The van der Waals surface area contributed by atoms with Gasteiger partial charge in [-0.25, -0.2) is 4.79 Å². The van der Waals surface area contributed by atoms with Crippen LogP contribution < -0.4 is 26.5 Å². The van der Waals surface area contributed by atoms with Crippen LogP contribution in [0.15, 0.2) is 45.3 Å². The maximum Gasteiger partial charge on any atom is 0.328 e. The van der Waals surface area contributed by atoms with Gasteiger partial charge in [0.1, 0.15) is 17.4 Å². The number of ether oxygens (including phenoxy) is 2. The third kappa shape index (κ3) is 2.34. The Hall–Kier alpha value is -3.47. The lowest BCUT2D eigenvalue weighted by Gasteiger charge is -2.24. The van der Waals surface area contributed by atoms with Crippen molar-refractivity contribution in [1.82, 2.24) is 9.97 Å². The van der Waals surface area contributed by atoms with Crippen molar-refractivity contribution in [3.05, 3.63) is 67.7 Å². The highest BCUT2D eigenvalue weighted by atomic mass is 16.5. The lowest BCUT2D eigenvalue weighted by Crippen LogP contribution is -2.33. The van der Waals surface area contributed by atoms with E-state index in [1.165, 1.54) is 7.11 Å². The lowest BCUT2D eigenvalue weighted by atomic mass is 9.85. The van der Waals surface area contributed by atoms with Gasteiger partial charge in [-0.3, -0.25) is 14.8 Å². The summed E-state index contributed by atoms with van der Waals surface area (Å²) >= 11 is 0. The average Bonchev–Trinajstić information content (AvgIpc) is 2.53. The number of nitrogens with two attached hydrogens (primary N) is 1. The molecule has 0 bridgehead atoms. The number of benzene rings is 1. The molecule has 4 N–H and O–H groups in total. The summed E-state index contributed by atoms with van der Waals surface area (Å²) in [5.74, 6) is -0.319. The summed E-state index contributed by atoms with van der Waals surface area (Å²) in [6, 6.07) is 8.81. The van der Waals surface area contributed by atoms with Gasteiger partial charge in [0.25, 0.3) is 5.56 Å². The molecule has 0 radical (unpaired) electrons. The zero-order chi connectivity index (χ0) is 16.6. The van der Waals surface area contributed by atoms with E-state index in [2.05, 4.69) is 9.97 Å². The Morgan fingerprint density at radius 2 is 1.96 bits per heavy atom. The maximum atomic E-state index is 12.2. The fraction of sp³-hybridized carbons (Fsp3) is 0.133. The van der Waals surface area contributed by atoms with Crippen molar-refractivity contribution < 1.29 is 9.47 Å². The smallest absolute Gasteiger partial charge is 0.328 e. The highest BCUT2D eigenvalue weighted by Crippen LogP contribution is 2.38. The molecule has 0 fully saturated rings. The van der Waals surface area contributed by atoms with E-state index >= 15 is 0 Å². The molecule has 1 unspecified atom stereocenters. The van der Waals surface area contributed by atoms with Crippen LogP contribution in [0.5, 0.6) is 11.6 Å². The van der Waals surface area contributed by atoms with Crippen LogP contribution in [0.1, 0.15) is 17.0 Å². The molecule has 8 nitrogen and oxygen atoms in total. The topological polar surface area (TPSA) is 134 Å². The number of aromatic nitrogens is 2. The van der Waals surface area contributed by atoms with Crippen LogP contribution in [0, 0.1) is 11.3 Å². The second kappa shape index (κ2) is 5.38. The number of nitriles is 1. The van der Waals surface area contributed by atoms with Crippen molar-refractivity contribution in [2.45, 2.75) is 5.92 Å². The standard InChI is InChI=1S/C15H12N4O4/c1-22-8-4-2-7(3-5-8)10-9(6-16)12(17)23-14-11(10)13(20)18-15(21)19-14/h2-5,10H,17H2,1H3,(H2,18,19,20,21). The zero-order valence-corrected chi connectivity index (χ0v) is 12.0. The maximum absolute atomic E-state index is 12.2. The molecule has 1 aliphatic rings. The van der Waals surface area contributed by atoms with E-state index in [0.29, 0.717) is 11.3 Å². The minimum Gasteiger partial charge on any atom is -0.497 e. The van der Waals surface area contributed by atoms with Gasteiger partial charge in [-0.1, -0.05) is 12.1 Å². The lowest BCUT2D eigenvalue weighted by molar-refractivity contribution is 0.373. The van der Waals surface area contributed by atoms with Crippen molar-refractivity contribution in [3.8, 4) is 17.7 Å². The van der Waals surface area contributed by atoms with Crippen LogP contribution >= 0.6 is 0 Å². The van der Waals surface area contributed by atoms with Gasteiger partial charge in [0, 0.05) is 0 Å². The van der Waals surface area contributed by atoms with E-state index in [-0.39, 0.29) is 22.9 Å². The Labute approximate surface area is 129 Å². The molecule has 1 atom stereocenters. The first-order chi connectivity index (χ1) is 11.0. The number of nitrogens with one attached hydrogen (secondary N) is 2. The summed E-state index contributed by atoms with van der Waals surface area (Å²) < 4.78 is 10.3. The summed E-state index contributed by atoms with van der Waals surface area (Å²) in [4.78, 5) is 28.1. The second-order valence-corrected chi connectivity index (χ2v) is 4.85. The zero-order valence-electron chi connectivity index (χ0n) is 12.0. The molecule has 0 aliphatic carbocycles. The normalized spacial score (nSPS) is 16.3. The molecule has 2 heterocycles. The van der Waals surface area contributed by atoms with Crippen LogP contribution in [-0.2, 0) is 0 Å². The first-order valence-corrected chi connectivity index (χ1v) is 6.63. The van der Waals surface area contributed by atoms with E-state index in [0.717, 1.165) is 0 Å². The van der Waals surface area contributed by atoms with Gasteiger partial charge in [-0.15, -0.1) is 0 Å². The summed E-state index contributed by atoms with van der Waals surface area (Å²) in [5, 5.41) is 9.39. The van der Waals surface area contributed by atoms with Gasteiger partial charge >= 0.3 is 5.69 Å². The molecule has 1 aromatic heterocycles. The van der Waals surface area contributed by atoms with Crippen LogP contribution in [0.3, 0.4) is 0 Å². The summed E-state index contributed by atoms with van der Waals surface area (Å²) in [6.07, 6.45) is 0. The quantitative estimate of drug-likeness (QED) is 0.729. The predicted molar refractivity (Wildman–Crippen MR) is 80.0 cm³/mol. The first kappa shape index (κ1) is 14.5. The molecule has 8 heteroatoms. The molecular weight excluding hydrogens is 300 g/mol. The Morgan fingerprint density at radius 3 is 2.57 bits per heavy atom. The minimum absolute atomic E-state index is 0.0592. The van der Waals surface area contributed by atoms with Gasteiger partial charge in [-0.05, 0) is 17.7 Å². The van der Waals surface area contributed by atoms with Gasteiger partial charge in [0.2, 0.25) is 11.8 Å². The molecule has 116 valence electrons. The number of methoxy groups -OCH3 is 1. The van der Waals surface area contributed by atoms with Crippen molar-refractivity contribution in [2.24, 2.45) is 5.73 Å². The average molecular weight is 312 g/mol. The van der Waals surface area contributed by atoms with Crippen LogP contribution in [0.4, 0.5) is 0 Å². The third-order valence-corrected chi connectivity index (χ3v) is 3.57. The highest BCUT2D eigenvalue weighted by Gasteiger charge is 2.33. The van der Waals surface area contributed by atoms with Crippen LogP contribution in [0.25, 0.3) is 0 Å². The van der Waals surface area contributed by atoms with Crippen molar-refractivity contribution in [1.29, 1.82) is 5.26 Å². The van der Waals surface area contributed by atoms with Gasteiger partial charge in [-0.2, -0.15) is 5.26 Å². The van der Waals surface area contributed by atoms with E-state index in [1.54, 1.807) is 24.3 Å². The molecule has 1 aliphatic heterocycles. The number of H-pyrrole nitrogens is 2. The van der Waals surface area contributed by atoms with E-state index < -0.39 is 17.2 Å². The van der Waals surface area contributed by atoms with E-state index in [4.69, 9.17) is 15.2 Å². The molecule has 1 aromatic carbocycles. The molecule has 0 saturated carbocycles. The van der Waals surface area contributed by atoms with Crippen LogP contribution in [-0.4, -0.2) is 17.1 Å². The second-order valence-electron chi connectivity index (χ2n) is 4.85. The number of fused-ring (bicyclic) bond motifs is 1. The summed E-state index contributed by atoms with van der Waals surface area (Å²) in [7, 11) is 1.53. The molecule has 3 rings (SSSR count). The number of hydrogen-bond donors (Lipinski definition) is 3. The van der Waals surface area contributed by atoms with Gasteiger partial charge < -0.3 is 15.2 Å². The Bertz CT molecular complexity index is 947. The molecule has 23 heavy (non-hydrogen) atoms. The van der Waals surface area contributed by atoms with Crippen molar-refractivity contribution in [3.63, 3.8) is 0 Å². The Kier molecular flexibility index (Phi) is 3.38. The first-order valence-electron chi connectivity index (χ1n) is 6.63. The predicted octanol–water partition coefficient (Wildman–Crippen LogP) is 0.290. The highest BCUT2D eigenvalue weighted by molar-refractivity contribution is 5.53. The monoisotopic (exact) mass is 312 g/mol. The largest absolute Gasteiger partial charge is 0.497 e. The number of allylic oxidation sites excluding steroid dienone is 1. The third-order valence-electron chi connectivity index (χ3n) is 3.57. The summed E-state index contributed by atoms with van der Waals surface area (Å²) in [5.41, 5.74) is 5.29. The number of rotatable bonds is 2. The van der Waals surface area contributed by atoms with Crippen LogP contribution in [0.2, 0.25) is 0 Å². The van der Waals surface area contributed by atoms with Crippen molar-refractivity contribution in [2.75, 3.05) is 7.11 Å². The molecule has 2 aromatic rings. The van der Waals surface area contributed by atoms with Gasteiger partial charge in [0.15, 0.2) is 0 Å². The van der Waals surface area contributed by atoms with Crippen molar-refractivity contribution >= 4 is 0 Å². The van der Waals surface area contributed by atoms with Gasteiger partial charge in [0.05, 0.1) is 18.6 Å². The SMILES string of the molecule is COc1ccc(C2C(C#N)=C(N)Oc3[nH]c(=O)[nH]c(=O)c32)cc1. The Morgan fingerprint density at radius 1 is 1.26 bits per heavy atom. The molecule has 0 spiro atoms. The molecular formula is C15H12N4O4. The molecule has 0 saturated heterocycles. The summed E-state index contributed by atoms with van der Waals surface area (Å²) in [6.45, 7) is 0. The molecule has 0 amide bonds. The Balaban J connectivity index is 2.26. The number of hydrogen-bond acceptors (Lipinski definition) is 6.